The van der Waals surface area contributed by atoms with Crippen LogP contribution in [0.3, 0.4) is 0 Å². The molecule has 3 heterocycles. The molecule has 9 heteroatoms. The Morgan fingerprint density at radius 3 is 2.79 bits per heavy atom. The average molecular weight is 463 g/mol. The minimum absolute atomic E-state index is 0.0327. The van der Waals surface area contributed by atoms with E-state index in [9.17, 15) is 9.59 Å². The summed E-state index contributed by atoms with van der Waals surface area (Å²) in [7, 11) is 1.57. The Labute approximate surface area is 174 Å². The maximum absolute atomic E-state index is 12.9. The van der Waals surface area contributed by atoms with E-state index in [1.807, 2.05) is 42.5 Å². The van der Waals surface area contributed by atoms with E-state index in [0.717, 1.165) is 14.2 Å². The molecule has 2 aliphatic rings. The summed E-state index contributed by atoms with van der Waals surface area (Å²) < 4.78 is 6.40. The number of rotatable bonds is 3. The molecule has 2 N–H and O–H groups in total. The molecule has 0 radical (unpaired) electrons. The first-order chi connectivity index (χ1) is 13.4. The van der Waals surface area contributed by atoms with Crippen LogP contribution in [0.1, 0.15) is 10.4 Å². The molecule has 2 unspecified atom stereocenters. The summed E-state index contributed by atoms with van der Waals surface area (Å²) in [5, 5.41) is 11.4. The lowest BCUT2D eigenvalue weighted by molar-refractivity contribution is -0.134. The Morgan fingerprint density at radius 1 is 1.36 bits per heavy atom. The third kappa shape index (κ3) is 3.18. The van der Waals surface area contributed by atoms with Crippen LogP contribution in [0.15, 0.2) is 46.3 Å². The third-order valence-electron chi connectivity index (χ3n) is 5.22. The molecule has 1 aromatic heterocycles. The molecule has 4 rings (SSSR count). The number of nitrogens with zero attached hydrogens (tertiary/aromatic N) is 2. The largest absolute Gasteiger partial charge is 0.445 e. The highest BCUT2D eigenvalue weighted by molar-refractivity contribution is 9.11. The van der Waals surface area contributed by atoms with Crippen molar-refractivity contribution in [2.45, 2.75) is 12.1 Å². The number of carbonyl (C=O) groups is 2. The van der Waals surface area contributed by atoms with Gasteiger partial charge < -0.3 is 15.0 Å². The van der Waals surface area contributed by atoms with Crippen LogP contribution in [0, 0.1) is 11.3 Å². The number of guanidine groups is 1. The predicted molar refractivity (Wildman–Crippen MR) is 109 cm³/mol. The minimum atomic E-state index is -0.816. The molecule has 0 aliphatic carbocycles. The number of amides is 2. The Balaban J connectivity index is 1.58. The molecule has 2 fully saturated rings. The van der Waals surface area contributed by atoms with Gasteiger partial charge in [0, 0.05) is 18.5 Å². The van der Waals surface area contributed by atoms with Gasteiger partial charge in [-0.3, -0.25) is 15.1 Å². The Bertz CT molecular complexity index is 934. The number of benzene rings is 1. The van der Waals surface area contributed by atoms with Gasteiger partial charge in [-0.1, -0.05) is 30.3 Å². The van der Waals surface area contributed by atoms with Crippen molar-refractivity contribution in [3.05, 3.63) is 56.7 Å². The van der Waals surface area contributed by atoms with Gasteiger partial charge in [0.1, 0.15) is 12.1 Å². The molecule has 2 amide bonds. The van der Waals surface area contributed by atoms with Gasteiger partial charge in [-0.15, -0.1) is 11.3 Å². The molecule has 0 bridgehead atoms. The molecule has 2 atom stereocenters. The molecule has 2 aromatic rings. The quantitative estimate of drug-likeness (QED) is 0.733. The van der Waals surface area contributed by atoms with Crippen molar-refractivity contribution in [3.63, 3.8) is 0 Å². The fourth-order valence-corrected chi connectivity index (χ4v) is 5.30. The Kier molecular flexibility index (Phi) is 4.88. The zero-order chi connectivity index (χ0) is 19.9. The van der Waals surface area contributed by atoms with Gasteiger partial charge >= 0.3 is 6.09 Å². The lowest BCUT2D eigenvalue weighted by atomic mass is 9.83. The molecule has 1 aromatic carbocycles. The van der Waals surface area contributed by atoms with Crippen LogP contribution >= 0.6 is 27.3 Å². The first-order valence-electron chi connectivity index (χ1n) is 8.76. The molecular formula is C19H19BrN4O3S. The van der Waals surface area contributed by atoms with E-state index in [1.165, 1.54) is 16.2 Å². The molecule has 28 heavy (non-hydrogen) atoms. The van der Waals surface area contributed by atoms with E-state index in [-0.39, 0.29) is 31.6 Å². The van der Waals surface area contributed by atoms with Gasteiger partial charge in [-0.2, -0.15) is 0 Å². The maximum atomic E-state index is 12.9. The SMILES string of the molecule is CN1C(=N)NC2(c3ccc(Br)s3)CN(C(=O)OCc3ccccc3)CC2C1=O. The molecule has 2 aliphatic heterocycles. The first kappa shape index (κ1) is 18.9. The van der Waals surface area contributed by atoms with Crippen molar-refractivity contribution in [1.82, 2.24) is 15.1 Å². The molecule has 146 valence electrons. The first-order valence-corrected chi connectivity index (χ1v) is 10.4. The van der Waals surface area contributed by atoms with Gasteiger partial charge in [0.25, 0.3) is 0 Å². The zero-order valence-electron chi connectivity index (χ0n) is 15.1. The lowest BCUT2D eigenvalue weighted by Crippen LogP contribution is -2.64. The highest BCUT2D eigenvalue weighted by Crippen LogP contribution is 2.44. The van der Waals surface area contributed by atoms with Crippen molar-refractivity contribution >= 4 is 45.2 Å². The van der Waals surface area contributed by atoms with Gasteiger partial charge in [0.2, 0.25) is 5.91 Å². The van der Waals surface area contributed by atoms with E-state index in [0.29, 0.717) is 0 Å². The van der Waals surface area contributed by atoms with Crippen LogP contribution in [-0.4, -0.2) is 47.9 Å². The number of likely N-dealkylation sites (tertiary alicyclic amines) is 1. The molecule has 7 nitrogen and oxygen atoms in total. The number of thiophene rings is 1. The predicted octanol–water partition coefficient (Wildman–Crippen LogP) is 2.97. The van der Waals surface area contributed by atoms with Crippen molar-refractivity contribution in [2.75, 3.05) is 20.1 Å². The second-order valence-electron chi connectivity index (χ2n) is 6.92. The summed E-state index contributed by atoms with van der Waals surface area (Å²) in [5.41, 5.74) is 0.0865. The molecule has 0 spiro atoms. The number of nitrogens with one attached hydrogen (secondary N) is 2. The van der Waals surface area contributed by atoms with Crippen LogP contribution in [0.25, 0.3) is 0 Å². The second-order valence-corrected chi connectivity index (χ2v) is 9.38. The van der Waals surface area contributed by atoms with Crippen molar-refractivity contribution in [1.29, 1.82) is 5.41 Å². The summed E-state index contributed by atoms with van der Waals surface area (Å²) in [4.78, 5) is 29.4. The van der Waals surface area contributed by atoms with E-state index < -0.39 is 17.6 Å². The van der Waals surface area contributed by atoms with Gasteiger partial charge in [0.15, 0.2) is 5.96 Å². The summed E-state index contributed by atoms with van der Waals surface area (Å²) in [6.07, 6.45) is -0.461. The Morgan fingerprint density at radius 2 is 2.11 bits per heavy atom. The molecule has 0 saturated carbocycles. The van der Waals surface area contributed by atoms with Gasteiger partial charge in [-0.25, -0.2) is 4.79 Å². The maximum Gasteiger partial charge on any atom is 0.410 e. The zero-order valence-corrected chi connectivity index (χ0v) is 17.5. The second kappa shape index (κ2) is 7.21. The number of ether oxygens (including phenoxy) is 1. The summed E-state index contributed by atoms with van der Waals surface area (Å²) in [5.74, 6) is -0.627. The number of halogens is 1. The summed E-state index contributed by atoms with van der Waals surface area (Å²) in [6, 6.07) is 13.3. The monoisotopic (exact) mass is 462 g/mol. The van der Waals surface area contributed by atoms with E-state index in [2.05, 4.69) is 21.2 Å². The minimum Gasteiger partial charge on any atom is -0.445 e. The Hall–Kier alpha value is -2.39. The number of hydrogen-bond acceptors (Lipinski definition) is 5. The van der Waals surface area contributed by atoms with Crippen LogP contribution < -0.4 is 5.32 Å². The highest BCUT2D eigenvalue weighted by atomic mass is 79.9. The fourth-order valence-electron chi connectivity index (χ4n) is 3.72. The standard InChI is InChI=1S/C19H19BrN4O3S/c1-23-16(25)13-9-24(18(26)27-10-12-5-3-2-4-6-12)11-19(13,22-17(23)21)14-7-8-15(20)28-14/h2-8,13H,9-11H2,1H3,(H2,21,22). The number of hydrogen-bond donors (Lipinski definition) is 2. The average Bonchev–Trinajstić information content (AvgIpc) is 3.30. The third-order valence-corrected chi connectivity index (χ3v) is 7.02. The fraction of sp³-hybridized carbons (Fsp3) is 0.316. The number of carbonyl (C=O) groups excluding carboxylic acids is 2. The van der Waals surface area contributed by atoms with Crippen molar-refractivity contribution in [2.24, 2.45) is 5.92 Å². The van der Waals surface area contributed by atoms with Crippen LogP contribution in [0.2, 0.25) is 0 Å². The molecular weight excluding hydrogens is 444 g/mol. The summed E-state index contributed by atoms with van der Waals surface area (Å²) in [6.45, 7) is 0.683. The highest BCUT2D eigenvalue weighted by Gasteiger charge is 2.58. The van der Waals surface area contributed by atoms with Crippen LogP contribution in [0.4, 0.5) is 4.79 Å². The van der Waals surface area contributed by atoms with Gasteiger partial charge in [-0.05, 0) is 33.6 Å². The summed E-state index contributed by atoms with van der Waals surface area (Å²) >= 11 is 4.96. The smallest absolute Gasteiger partial charge is 0.410 e. The van der Waals surface area contributed by atoms with Gasteiger partial charge in [0.05, 0.1) is 16.2 Å². The van der Waals surface area contributed by atoms with Crippen LogP contribution in [-0.2, 0) is 21.7 Å². The van der Waals surface area contributed by atoms with E-state index in [4.69, 9.17) is 10.1 Å². The topological polar surface area (TPSA) is 85.7 Å². The van der Waals surface area contributed by atoms with Crippen LogP contribution in [0.5, 0.6) is 0 Å². The lowest BCUT2D eigenvalue weighted by Gasteiger charge is -2.42. The van der Waals surface area contributed by atoms with E-state index >= 15 is 0 Å². The van der Waals surface area contributed by atoms with Crippen molar-refractivity contribution in [3.8, 4) is 0 Å². The number of fused-ring (bicyclic) bond motifs is 1. The molecule has 2 saturated heterocycles. The van der Waals surface area contributed by atoms with Crippen molar-refractivity contribution < 1.29 is 14.3 Å². The van der Waals surface area contributed by atoms with E-state index in [1.54, 1.807) is 11.9 Å². The normalized spacial score (nSPS) is 24.1.